The number of unbranched alkanes of at least 4 members (excludes halogenated alkanes) is 1. The van der Waals surface area contributed by atoms with Crippen LogP contribution < -0.4 is 16.9 Å². The molecular formula is C7H17N3O2. The first-order valence-corrected chi connectivity index (χ1v) is 4.07. The Bertz CT molecular complexity index is 130. The van der Waals surface area contributed by atoms with Crippen molar-refractivity contribution >= 4 is 5.91 Å². The number of hydrogen-bond acceptors (Lipinski definition) is 4. The van der Waals surface area contributed by atoms with E-state index in [9.17, 15) is 4.79 Å². The maximum absolute atomic E-state index is 11.0. The summed E-state index contributed by atoms with van der Waals surface area (Å²) in [7, 11) is 0. The highest BCUT2D eigenvalue weighted by Crippen LogP contribution is 1.84. The summed E-state index contributed by atoms with van der Waals surface area (Å²) in [6, 6.07) is -0.660. The third-order valence-corrected chi connectivity index (χ3v) is 1.44. The van der Waals surface area contributed by atoms with Crippen LogP contribution >= 0.6 is 0 Å². The van der Waals surface area contributed by atoms with E-state index in [2.05, 4.69) is 17.1 Å². The Hall–Kier alpha value is -0.650. The highest BCUT2D eigenvalue weighted by atomic mass is 16.6. The molecule has 5 N–H and O–H groups in total. The lowest BCUT2D eigenvalue weighted by Gasteiger charge is -2.09. The molecule has 0 aliphatic heterocycles. The second kappa shape index (κ2) is 7.02. The van der Waals surface area contributed by atoms with Crippen molar-refractivity contribution < 1.29 is 9.63 Å². The molecule has 1 unspecified atom stereocenters. The number of carbonyl (C=O) groups is 1. The molecule has 0 radical (unpaired) electrons. The Kier molecular flexibility index (Phi) is 6.64. The summed E-state index contributed by atoms with van der Waals surface area (Å²) in [5.74, 6) is 4.55. The van der Waals surface area contributed by atoms with E-state index in [0.717, 1.165) is 12.8 Å². The topological polar surface area (TPSA) is 90.4 Å². The van der Waals surface area contributed by atoms with Crippen LogP contribution in [0.3, 0.4) is 0 Å². The van der Waals surface area contributed by atoms with Gasteiger partial charge in [-0.15, -0.1) is 0 Å². The molecule has 5 heteroatoms. The molecule has 0 heterocycles. The smallest absolute Gasteiger partial charge is 0.239 e. The lowest BCUT2D eigenvalue weighted by atomic mass is 10.3. The molecule has 0 bridgehead atoms. The Balaban J connectivity index is 3.43. The van der Waals surface area contributed by atoms with Crippen molar-refractivity contribution in [1.82, 2.24) is 5.32 Å². The van der Waals surface area contributed by atoms with E-state index in [1.54, 1.807) is 0 Å². The standard InChI is InChI=1S/C7H17N3O2/c1-2-3-4-10-7(11)6(8)5-12-9/h6H,2-5,8-9H2,1H3,(H,10,11). The molecule has 0 spiro atoms. The zero-order chi connectivity index (χ0) is 9.40. The number of nitrogens with one attached hydrogen (secondary N) is 1. The second-order valence-electron chi connectivity index (χ2n) is 2.58. The van der Waals surface area contributed by atoms with E-state index in [1.807, 2.05) is 0 Å². The Labute approximate surface area is 72.4 Å². The highest BCUT2D eigenvalue weighted by molar-refractivity contribution is 5.81. The van der Waals surface area contributed by atoms with E-state index in [1.165, 1.54) is 0 Å². The van der Waals surface area contributed by atoms with Crippen LogP contribution in [0.5, 0.6) is 0 Å². The SMILES string of the molecule is CCCCNC(=O)C(N)CON. The first-order chi connectivity index (χ1) is 5.72. The first kappa shape index (κ1) is 11.4. The number of carbonyl (C=O) groups excluding carboxylic acids is 1. The summed E-state index contributed by atoms with van der Waals surface area (Å²) in [4.78, 5) is 15.3. The van der Waals surface area contributed by atoms with Gasteiger partial charge in [0.15, 0.2) is 0 Å². The summed E-state index contributed by atoms with van der Waals surface area (Å²) < 4.78 is 0. The predicted octanol–water partition coefficient (Wildman–Crippen LogP) is -0.880. The molecule has 1 atom stereocenters. The van der Waals surface area contributed by atoms with Crippen molar-refractivity contribution in [1.29, 1.82) is 0 Å². The molecule has 72 valence electrons. The molecule has 0 aliphatic rings. The molecule has 12 heavy (non-hydrogen) atoms. The fourth-order valence-electron chi connectivity index (χ4n) is 0.699. The van der Waals surface area contributed by atoms with Crippen LogP contribution in [-0.2, 0) is 9.63 Å². The summed E-state index contributed by atoms with van der Waals surface area (Å²) in [6.07, 6.45) is 2.00. The minimum absolute atomic E-state index is 0.0535. The molecule has 0 rings (SSSR count). The summed E-state index contributed by atoms with van der Waals surface area (Å²) in [5, 5.41) is 2.67. The number of rotatable bonds is 6. The molecule has 0 aliphatic carbocycles. The van der Waals surface area contributed by atoms with E-state index >= 15 is 0 Å². The van der Waals surface area contributed by atoms with Gasteiger partial charge in [-0.1, -0.05) is 13.3 Å². The normalized spacial score (nSPS) is 12.6. The van der Waals surface area contributed by atoms with Gasteiger partial charge in [-0.2, -0.15) is 0 Å². The van der Waals surface area contributed by atoms with Gasteiger partial charge in [-0.25, -0.2) is 5.90 Å². The summed E-state index contributed by atoms with van der Waals surface area (Å²) >= 11 is 0. The quantitative estimate of drug-likeness (QED) is 0.361. The van der Waals surface area contributed by atoms with Crippen molar-refractivity contribution in [3.63, 3.8) is 0 Å². The van der Waals surface area contributed by atoms with E-state index in [4.69, 9.17) is 11.6 Å². The van der Waals surface area contributed by atoms with E-state index in [-0.39, 0.29) is 12.5 Å². The lowest BCUT2D eigenvalue weighted by molar-refractivity contribution is -0.123. The lowest BCUT2D eigenvalue weighted by Crippen LogP contribution is -2.44. The second-order valence-corrected chi connectivity index (χ2v) is 2.58. The van der Waals surface area contributed by atoms with Gasteiger partial charge >= 0.3 is 0 Å². The van der Waals surface area contributed by atoms with Crippen molar-refractivity contribution in [2.75, 3.05) is 13.2 Å². The molecule has 1 amide bonds. The average molecular weight is 175 g/mol. The minimum atomic E-state index is -0.660. The van der Waals surface area contributed by atoms with Gasteiger partial charge in [-0.05, 0) is 6.42 Å². The van der Waals surface area contributed by atoms with Gasteiger partial charge in [-0.3, -0.25) is 4.79 Å². The number of nitrogens with two attached hydrogens (primary N) is 2. The summed E-state index contributed by atoms with van der Waals surface area (Å²) in [5.41, 5.74) is 5.39. The number of amides is 1. The van der Waals surface area contributed by atoms with Crippen LogP contribution in [0.25, 0.3) is 0 Å². The van der Waals surface area contributed by atoms with Crippen LogP contribution in [0.4, 0.5) is 0 Å². The largest absolute Gasteiger partial charge is 0.355 e. The van der Waals surface area contributed by atoms with Crippen LogP contribution in [0.2, 0.25) is 0 Å². The van der Waals surface area contributed by atoms with Crippen LogP contribution in [-0.4, -0.2) is 25.1 Å². The molecule has 5 nitrogen and oxygen atoms in total. The molecule has 0 fully saturated rings. The maximum atomic E-state index is 11.0. The first-order valence-electron chi connectivity index (χ1n) is 4.07. The fraction of sp³-hybridized carbons (Fsp3) is 0.857. The average Bonchev–Trinajstić information content (AvgIpc) is 2.05. The van der Waals surface area contributed by atoms with Gasteiger partial charge in [0.05, 0.1) is 6.61 Å². The van der Waals surface area contributed by atoms with Crippen LogP contribution in [0, 0.1) is 0 Å². The van der Waals surface area contributed by atoms with Crippen molar-refractivity contribution in [3.8, 4) is 0 Å². The molecular weight excluding hydrogens is 158 g/mol. The van der Waals surface area contributed by atoms with Gasteiger partial charge in [0.25, 0.3) is 0 Å². The molecule has 0 aromatic rings. The Morgan fingerprint density at radius 3 is 2.83 bits per heavy atom. The van der Waals surface area contributed by atoms with Crippen molar-refractivity contribution in [2.45, 2.75) is 25.8 Å². The Morgan fingerprint density at radius 2 is 2.33 bits per heavy atom. The van der Waals surface area contributed by atoms with Crippen molar-refractivity contribution in [2.24, 2.45) is 11.6 Å². The fourth-order valence-corrected chi connectivity index (χ4v) is 0.699. The maximum Gasteiger partial charge on any atom is 0.239 e. The van der Waals surface area contributed by atoms with E-state index in [0.29, 0.717) is 6.54 Å². The van der Waals surface area contributed by atoms with Crippen molar-refractivity contribution in [3.05, 3.63) is 0 Å². The third kappa shape index (κ3) is 5.06. The Morgan fingerprint density at radius 1 is 1.67 bits per heavy atom. The monoisotopic (exact) mass is 175 g/mol. The molecule has 0 aromatic heterocycles. The van der Waals surface area contributed by atoms with Crippen LogP contribution in [0.1, 0.15) is 19.8 Å². The molecule has 0 saturated heterocycles. The van der Waals surface area contributed by atoms with Gasteiger partial charge in [0.2, 0.25) is 5.91 Å². The minimum Gasteiger partial charge on any atom is -0.355 e. The summed E-state index contributed by atoms with van der Waals surface area (Å²) in [6.45, 7) is 2.76. The third-order valence-electron chi connectivity index (χ3n) is 1.44. The predicted molar refractivity (Wildman–Crippen MR) is 46.0 cm³/mol. The van der Waals surface area contributed by atoms with Gasteiger partial charge in [0.1, 0.15) is 6.04 Å². The highest BCUT2D eigenvalue weighted by Gasteiger charge is 2.11. The zero-order valence-corrected chi connectivity index (χ0v) is 7.38. The van der Waals surface area contributed by atoms with E-state index < -0.39 is 6.04 Å². The molecule has 0 aromatic carbocycles. The molecule has 0 saturated carbocycles. The van der Waals surface area contributed by atoms with Gasteiger partial charge in [0, 0.05) is 6.54 Å². The zero-order valence-electron chi connectivity index (χ0n) is 7.38. The van der Waals surface area contributed by atoms with Crippen LogP contribution in [0.15, 0.2) is 0 Å². The van der Waals surface area contributed by atoms with Gasteiger partial charge < -0.3 is 15.9 Å². The number of hydrogen-bond donors (Lipinski definition) is 3.